The quantitative estimate of drug-likeness (QED) is 0.327. The maximum Gasteiger partial charge on any atom is 0.416 e. The van der Waals surface area contributed by atoms with Crippen LogP contribution in [0.2, 0.25) is 10.0 Å². The van der Waals surface area contributed by atoms with Gasteiger partial charge in [0.1, 0.15) is 6.54 Å². The predicted molar refractivity (Wildman–Crippen MR) is 132 cm³/mol. The summed E-state index contributed by atoms with van der Waals surface area (Å²) in [5.41, 5.74) is -0.367. The molecular formula is C23H18Cl2F5N7O2. The summed E-state index contributed by atoms with van der Waals surface area (Å²) in [4.78, 5) is 18.7. The average Bonchev–Trinajstić information content (AvgIpc) is 3.39. The van der Waals surface area contributed by atoms with E-state index in [0.717, 1.165) is 4.68 Å². The van der Waals surface area contributed by atoms with E-state index in [4.69, 9.17) is 23.2 Å². The van der Waals surface area contributed by atoms with Gasteiger partial charge in [-0.15, -0.1) is 10.2 Å². The molecule has 1 aliphatic rings. The fraction of sp³-hybridized carbons (Fsp3) is 0.304. The van der Waals surface area contributed by atoms with Crippen molar-refractivity contribution in [3.8, 4) is 17.1 Å². The smallest absolute Gasteiger partial charge is 0.382 e. The van der Waals surface area contributed by atoms with Crippen molar-refractivity contribution in [1.29, 1.82) is 0 Å². The number of anilines is 1. The van der Waals surface area contributed by atoms with Crippen molar-refractivity contribution in [3.05, 3.63) is 74.9 Å². The molecule has 4 aromatic rings. The lowest BCUT2D eigenvalue weighted by molar-refractivity contribution is -0.207. The maximum atomic E-state index is 13.6. The van der Waals surface area contributed by atoms with E-state index in [0.29, 0.717) is 15.3 Å². The van der Waals surface area contributed by atoms with Gasteiger partial charge in [0.05, 0.1) is 30.3 Å². The van der Waals surface area contributed by atoms with Crippen LogP contribution in [0.5, 0.6) is 0 Å². The molecule has 16 heteroatoms. The van der Waals surface area contributed by atoms with Gasteiger partial charge >= 0.3 is 11.9 Å². The number of benzene rings is 2. The van der Waals surface area contributed by atoms with Gasteiger partial charge in [0.25, 0.3) is 5.92 Å². The van der Waals surface area contributed by atoms with E-state index in [9.17, 15) is 31.9 Å². The summed E-state index contributed by atoms with van der Waals surface area (Å²) in [7, 11) is 0. The number of alkyl halides is 5. The Balaban J connectivity index is 1.55. The number of hydrogen-bond donors (Lipinski definition) is 1. The van der Waals surface area contributed by atoms with Gasteiger partial charge in [0, 0.05) is 10.6 Å². The summed E-state index contributed by atoms with van der Waals surface area (Å²) in [6.07, 6.45) is -7.82. The van der Waals surface area contributed by atoms with E-state index < -0.39 is 50.1 Å². The maximum absolute atomic E-state index is 13.6. The normalized spacial score (nSPS) is 15.8. The Labute approximate surface area is 226 Å². The molecule has 0 unspecified atom stereocenters. The Morgan fingerprint density at radius 1 is 1.03 bits per heavy atom. The van der Waals surface area contributed by atoms with Gasteiger partial charge in [0.15, 0.2) is 17.8 Å². The van der Waals surface area contributed by atoms with Crippen LogP contribution in [0, 0.1) is 0 Å². The molecule has 39 heavy (non-hydrogen) atoms. The number of halogens is 7. The van der Waals surface area contributed by atoms with E-state index in [1.54, 1.807) is 24.3 Å². The molecule has 1 atom stereocenters. The zero-order valence-corrected chi connectivity index (χ0v) is 21.2. The molecule has 9 nitrogen and oxygen atoms in total. The summed E-state index contributed by atoms with van der Waals surface area (Å²) in [5.74, 6) is -3.07. The average molecular weight is 590 g/mol. The lowest BCUT2D eigenvalue weighted by atomic mass is 10.2. The number of nitrogens with zero attached hydrogens (tertiary/aromatic N) is 7. The number of aromatic nitrogens is 6. The third-order valence-electron chi connectivity index (χ3n) is 5.89. The predicted octanol–water partition coefficient (Wildman–Crippen LogP) is 4.03. The first kappa shape index (κ1) is 27.1. The molecule has 0 aliphatic carbocycles. The third-order valence-corrected chi connectivity index (χ3v) is 6.46. The molecule has 5 rings (SSSR count). The van der Waals surface area contributed by atoms with Gasteiger partial charge in [-0.25, -0.2) is 18.3 Å². The molecule has 1 N–H and O–H groups in total. The third kappa shape index (κ3) is 5.49. The summed E-state index contributed by atoms with van der Waals surface area (Å²) in [6, 6.07) is 12.3. The Morgan fingerprint density at radius 2 is 1.69 bits per heavy atom. The van der Waals surface area contributed by atoms with Crippen molar-refractivity contribution < 1.29 is 27.1 Å². The van der Waals surface area contributed by atoms with Crippen molar-refractivity contribution in [2.45, 2.75) is 31.3 Å². The highest BCUT2D eigenvalue weighted by molar-refractivity contribution is 6.32. The van der Waals surface area contributed by atoms with Crippen LogP contribution >= 0.6 is 23.2 Å². The SMILES string of the molecule is O=c1n(Cc2nc(N3CC(F)(F)C3)n(-c3ccccc3Cl)n2)nc(-c2ccc(Cl)cc2)n1C[C@H](O)C(F)(F)F. The lowest BCUT2D eigenvalue weighted by Gasteiger charge is -2.39. The van der Waals surface area contributed by atoms with Crippen molar-refractivity contribution in [2.24, 2.45) is 0 Å². The number of rotatable bonds is 7. The summed E-state index contributed by atoms with van der Waals surface area (Å²) < 4.78 is 69.4. The summed E-state index contributed by atoms with van der Waals surface area (Å²) >= 11 is 12.2. The van der Waals surface area contributed by atoms with Gasteiger partial charge in [0.2, 0.25) is 5.95 Å². The van der Waals surface area contributed by atoms with Gasteiger partial charge in [-0.2, -0.15) is 22.8 Å². The van der Waals surface area contributed by atoms with Crippen LogP contribution < -0.4 is 10.6 Å². The van der Waals surface area contributed by atoms with Crippen molar-refractivity contribution in [1.82, 2.24) is 29.1 Å². The Bertz CT molecular complexity index is 1560. The molecule has 0 bridgehead atoms. The molecule has 0 amide bonds. The van der Waals surface area contributed by atoms with Crippen LogP contribution in [-0.2, 0) is 13.1 Å². The minimum Gasteiger partial charge on any atom is -0.382 e. The zero-order valence-electron chi connectivity index (χ0n) is 19.7. The lowest BCUT2D eigenvalue weighted by Crippen LogP contribution is -2.57. The summed E-state index contributed by atoms with van der Waals surface area (Å²) in [6.45, 7) is -2.75. The second-order valence-electron chi connectivity index (χ2n) is 8.84. The molecule has 0 spiro atoms. The molecule has 1 fully saturated rings. The van der Waals surface area contributed by atoms with Crippen molar-refractivity contribution >= 4 is 29.2 Å². The Morgan fingerprint density at radius 3 is 2.31 bits per heavy atom. The molecule has 2 aromatic carbocycles. The minimum atomic E-state index is -4.98. The number of para-hydroxylation sites is 1. The molecular weight excluding hydrogens is 572 g/mol. The monoisotopic (exact) mass is 589 g/mol. The molecule has 1 aliphatic heterocycles. The highest BCUT2D eigenvalue weighted by Crippen LogP contribution is 2.33. The fourth-order valence-corrected chi connectivity index (χ4v) is 4.33. The van der Waals surface area contributed by atoms with Crippen molar-refractivity contribution in [3.63, 3.8) is 0 Å². The second-order valence-corrected chi connectivity index (χ2v) is 9.69. The standard InChI is InChI=1S/C23H18Cl2F5N7O2/c24-14-7-5-13(6-8-14)19-33-36(21(39)35(19)9-17(38)23(28,29)30)10-18-31-20(34-11-22(26,27)12-34)37(32-18)16-4-2-1-3-15(16)25/h1-8,17,38H,9-12H2/t17-/m0/s1. The Hall–Kier alpha value is -3.49. The van der Waals surface area contributed by atoms with Gasteiger partial charge in [-0.05, 0) is 36.4 Å². The molecule has 206 valence electrons. The molecule has 1 saturated heterocycles. The van der Waals surface area contributed by atoms with E-state index in [-0.39, 0.29) is 28.2 Å². The van der Waals surface area contributed by atoms with Crippen molar-refractivity contribution in [2.75, 3.05) is 18.0 Å². The van der Waals surface area contributed by atoms with E-state index in [1.807, 2.05) is 0 Å². The second kappa shape index (κ2) is 9.92. The first-order chi connectivity index (χ1) is 18.3. The van der Waals surface area contributed by atoms with E-state index in [1.165, 1.54) is 33.8 Å². The first-order valence-corrected chi connectivity index (χ1v) is 12.1. The highest BCUT2D eigenvalue weighted by Gasteiger charge is 2.46. The number of aliphatic hydroxyl groups excluding tert-OH is 1. The van der Waals surface area contributed by atoms with E-state index >= 15 is 0 Å². The van der Waals surface area contributed by atoms with Crippen LogP contribution in [-0.4, -0.2) is 65.5 Å². The molecule has 0 radical (unpaired) electrons. The first-order valence-electron chi connectivity index (χ1n) is 11.3. The Kier molecular flexibility index (Phi) is 6.89. The molecule has 2 aromatic heterocycles. The van der Waals surface area contributed by atoms with Gasteiger partial charge < -0.3 is 10.0 Å². The molecule has 3 heterocycles. The van der Waals surface area contributed by atoms with Gasteiger partial charge in [-0.1, -0.05) is 35.3 Å². The van der Waals surface area contributed by atoms with Crippen LogP contribution in [0.4, 0.5) is 27.9 Å². The zero-order chi connectivity index (χ0) is 28.1. The number of aliphatic hydroxyl groups is 1. The fourth-order valence-electron chi connectivity index (χ4n) is 3.99. The van der Waals surface area contributed by atoms with Crippen LogP contribution in [0.25, 0.3) is 17.1 Å². The number of hydrogen-bond acceptors (Lipinski definition) is 6. The van der Waals surface area contributed by atoms with Gasteiger partial charge in [-0.3, -0.25) is 4.57 Å². The highest BCUT2D eigenvalue weighted by atomic mass is 35.5. The topological polar surface area (TPSA) is 94.0 Å². The minimum absolute atomic E-state index is 0.0362. The van der Waals surface area contributed by atoms with Crippen LogP contribution in [0.3, 0.4) is 0 Å². The van der Waals surface area contributed by atoms with Crippen LogP contribution in [0.1, 0.15) is 5.82 Å². The largest absolute Gasteiger partial charge is 0.416 e. The summed E-state index contributed by atoms with van der Waals surface area (Å²) in [5, 5.41) is 18.8. The molecule has 0 saturated carbocycles. The van der Waals surface area contributed by atoms with E-state index in [2.05, 4.69) is 15.2 Å². The van der Waals surface area contributed by atoms with Crippen LogP contribution in [0.15, 0.2) is 53.3 Å².